The first kappa shape index (κ1) is 7.30. The third kappa shape index (κ3) is 1.58. The maximum atomic E-state index is 10.0. The number of aliphatic hydroxyl groups excluding tert-OH is 1. The minimum Gasteiger partial charge on any atom is -0.465 e. The Bertz CT molecular complexity index is 138. The van der Waals surface area contributed by atoms with Crippen molar-refractivity contribution >= 4 is 6.09 Å². The predicted octanol–water partition coefficient (Wildman–Crippen LogP) is -0.986. The van der Waals surface area contributed by atoms with Gasteiger partial charge in [0.25, 0.3) is 0 Å². The molecule has 2 atom stereocenters. The molecular formula is C5H9NO4. The van der Waals surface area contributed by atoms with E-state index in [0.717, 1.165) is 0 Å². The van der Waals surface area contributed by atoms with Crippen LogP contribution in [0.4, 0.5) is 4.79 Å². The van der Waals surface area contributed by atoms with Gasteiger partial charge in [-0.3, -0.25) is 0 Å². The van der Waals surface area contributed by atoms with Crippen LogP contribution in [0, 0.1) is 0 Å². The van der Waals surface area contributed by atoms with Gasteiger partial charge in [-0.25, -0.2) is 4.79 Å². The Morgan fingerprint density at radius 2 is 2.30 bits per heavy atom. The van der Waals surface area contributed by atoms with Crippen LogP contribution in [0.5, 0.6) is 0 Å². The normalized spacial score (nSPS) is 32.1. The van der Waals surface area contributed by atoms with Crippen molar-refractivity contribution in [2.45, 2.75) is 12.1 Å². The van der Waals surface area contributed by atoms with Gasteiger partial charge >= 0.3 is 6.09 Å². The van der Waals surface area contributed by atoms with Crippen molar-refractivity contribution in [1.82, 2.24) is 5.32 Å². The van der Waals surface area contributed by atoms with E-state index in [1.165, 1.54) is 0 Å². The van der Waals surface area contributed by atoms with Gasteiger partial charge in [0.05, 0.1) is 25.4 Å². The Hall–Kier alpha value is -0.810. The van der Waals surface area contributed by atoms with Crippen LogP contribution < -0.4 is 5.32 Å². The summed E-state index contributed by atoms with van der Waals surface area (Å²) in [5.41, 5.74) is 0. The highest BCUT2D eigenvalue weighted by Crippen LogP contribution is 2.03. The van der Waals surface area contributed by atoms with E-state index >= 15 is 0 Å². The lowest BCUT2D eigenvalue weighted by atomic mass is 10.2. The molecule has 0 saturated carbocycles. The van der Waals surface area contributed by atoms with Gasteiger partial charge in [-0.1, -0.05) is 0 Å². The summed E-state index contributed by atoms with van der Waals surface area (Å²) in [7, 11) is 0. The number of rotatable bonds is 1. The highest BCUT2D eigenvalue weighted by molar-refractivity contribution is 5.65. The topological polar surface area (TPSA) is 78.8 Å². The average molecular weight is 147 g/mol. The molecule has 0 aromatic carbocycles. The molecule has 10 heavy (non-hydrogen) atoms. The summed E-state index contributed by atoms with van der Waals surface area (Å²) in [5.74, 6) is 0. The van der Waals surface area contributed by atoms with Crippen molar-refractivity contribution in [3.63, 3.8) is 0 Å². The van der Waals surface area contributed by atoms with Gasteiger partial charge in [-0.15, -0.1) is 0 Å². The standard InChI is InChI=1S/C5H9NO4/c7-4-2-10-1-3(4)6-5(8)9/h3-4,6-7H,1-2H2,(H,8,9)/t3-,4-/m1/s1. The Labute approximate surface area is 57.6 Å². The Morgan fingerprint density at radius 3 is 2.70 bits per heavy atom. The van der Waals surface area contributed by atoms with Crippen molar-refractivity contribution in [2.75, 3.05) is 13.2 Å². The zero-order chi connectivity index (χ0) is 7.56. The molecule has 1 aliphatic rings. The first-order valence-corrected chi connectivity index (χ1v) is 2.95. The zero-order valence-corrected chi connectivity index (χ0v) is 5.28. The fourth-order valence-electron chi connectivity index (χ4n) is 0.839. The SMILES string of the molecule is O=C(O)N[C@@H]1COC[C@H]1O. The van der Waals surface area contributed by atoms with Crippen molar-refractivity contribution in [3.05, 3.63) is 0 Å². The fourth-order valence-corrected chi connectivity index (χ4v) is 0.839. The third-order valence-electron chi connectivity index (χ3n) is 1.36. The number of amides is 1. The van der Waals surface area contributed by atoms with Gasteiger partial charge in [0.1, 0.15) is 0 Å². The van der Waals surface area contributed by atoms with Crippen LogP contribution in [-0.2, 0) is 4.74 Å². The molecule has 5 nitrogen and oxygen atoms in total. The van der Waals surface area contributed by atoms with E-state index in [9.17, 15) is 4.79 Å². The Balaban J connectivity index is 2.33. The van der Waals surface area contributed by atoms with Gasteiger partial charge in [0.15, 0.2) is 0 Å². The third-order valence-corrected chi connectivity index (χ3v) is 1.36. The molecule has 1 saturated heterocycles. The maximum absolute atomic E-state index is 10.0. The second kappa shape index (κ2) is 2.85. The Kier molecular flexibility index (Phi) is 2.08. The molecule has 0 radical (unpaired) electrons. The molecule has 0 aromatic heterocycles. The molecule has 0 aliphatic carbocycles. The van der Waals surface area contributed by atoms with Gasteiger partial charge in [0.2, 0.25) is 0 Å². The van der Waals surface area contributed by atoms with Crippen LogP contribution in [-0.4, -0.2) is 41.7 Å². The summed E-state index contributed by atoms with van der Waals surface area (Å²) in [6.45, 7) is 0.471. The number of aliphatic hydroxyl groups is 1. The summed E-state index contributed by atoms with van der Waals surface area (Å²) in [4.78, 5) is 10.0. The minimum absolute atomic E-state index is 0.213. The summed E-state index contributed by atoms with van der Waals surface area (Å²) in [6, 6.07) is -0.461. The number of carbonyl (C=O) groups is 1. The molecule has 1 fully saturated rings. The molecule has 3 N–H and O–H groups in total. The van der Waals surface area contributed by atoms with Crippen molar-refractivity contribution in [2.24, 2.45) is 0 Å². The number of hydrogen-bond acceptors (Lipinski definition) is 3. The molecule has 0 bridgehead atoms. The smallest absolute Gasteiger partial charge is 0.405 e. The van der Waals surface area contributed by atoms with Crippen LogP contribution in [0.25, 0.3) is 0 Å². The quantitative estimate of drug-likeness (QED) is 0.445. The summed E-state index contributed by atoms with van der Waals surface area (Å²) < 4.78 is 4.79. The number of hydrogen-bond donors (Lipinski definition) is 3. The van der Waals surface area contributed by atoms with Crippen molar-refractivity contribution in [3.8, 4) is 0 Å². The first-order chi connectivity index (χ1) is 4.70. The number of ether oxygens (including phenoxy) is 1. The lowest BCUT2D eigenvalue weighted by molar-refractivity contribution is 0.121. The van der Waals surface area contributed by atoms with Crippen molar-refractivity contribution in [1.29, 1.82) is 0 Å². The van der Waals surface area contributed by atoms with Crippen LogP contribution in [0.15, 0.2) is 0 Å². The minimum atomic E-state index is -1.13. The van der Waals surface area contributed by atoms with Crippen molar-refractivity contribution < 1.29 is 19.7 Å². The monoisotopic (exact) mass is 147 g/mol. The van der Waals surface area contributed by atoms with E-state index < -0.39 is 18.2 Å². The zero-order valence-electron chi connectivity index (χ0n) is 5.28. The number of nitrogens with one attached hydrogen (secondary N) is 1. The van der Waals surface area contributed by atoms with Gasteiger partial charge in [0, 0.05) is 0 Å². The molecule has 0 unspecified atom stereocenters. The van der Waals surface area contributed by atoms with Crippen LogP contribution in [0.3, 0.4) is 0 Å². The van der Waals surface area contributed by atoms with E-state index in [4.69, 9.17) is 14.9 Å². The van der Waals surface area contributed by atoms with E-state index in [1.807, 2.05) is 0 Å². The molecule has 1 amide bonds. The molecule has 1 rings (SSSR count). The summed E-state index contributed by atoms with van der Waals surface area (Å²) >= 11 is 0. The lowest BCUT2D eigenvalue weighted by Gasteiger charge is -2.10. The summed E-state index contributed by atoms with van der Waals surface area (Å²) in [6.07, 6.45) is -1.83. The second-order valence-electron chi connectivity index (χ2n) is 2.16. The lowest BCUT2D eigenvalue weighted by Crippen LogP contribution is -2.41. The largest absolute Gasteiger partial charge is 0.465 e. The molecule has 0 aromatic rings. The first-order valence-electron chi connectivity index (χ1n) is 2.95. The molecule has 0 spiro atoms. The molecule has 1 aliphatic heterocycles. The van der Waals surface area contributed by atoms with Crippen LogP contribution in [0.2, 0.25) is 0 Å². The van der Waals surface area contributed by atoms with E-state index in [2.05, 4.69) is 5.32 Å². The predicted molar refractivity (Wildman–Crippen MR) is 31.8 cm³/mol. The van der Waals surface area contributed by atoms with Gasteiger partial charge in [-0.2, -0.15) is 0 Å². The molecule has 5 heteroatoms. The van der Waals surface area contributed by atoms with Gasteiger partial charge in [-0.05, 0) is 0 Å². The highest BCUT2D eigenvalue weighted by atomic mass is 16.5. The average Bonchev–Trinajstić information content (AvgIpc) is 2.15. The second-order valence-corrected chi connectivity index (χ2v) is 2.16. The summed E-state index contributed by atoms with van der Waals surface area (Å²) in [5, 5.41) is 19.3. The molecular weight excluding hydrogens is 138 g/mol. The van der Waals surface area contributed by atoms with Crippen LogP contribution >= 0.6 is 0 Å². The van der Waals surface area contributed by atoms with Crippen LogP contribution in [0.1, 0.15) is 0 Å². The fraction of sp³-hybridized carbons (Fsp3) is 0.800. The van der Waals surface area contributed by atoms with E-state index in [1.54, 1.807) is 0 Å². The van der Waals surface area contributed by atoms with Gasteiger partial charge < -0.3 is 20.3 Å². The Morgan fingerprint density at radius 1 is 1.60 bits per heavy atom. The molecule has 1 heterocycles. The highest BCUT2D eigenvalue weighted by Gasteiger charge is 2.27. The van der Waals surface area contributed by atoms with E-state index in [-0.39, 0.29) is 13.2 Å². The van der Waals surface area contributed by atoms with E-state index in [0.29, 0.717) is 0 Å². The molecule has 58 valence electrons. The maximum Gasteiger partial charge on any atom is 0.405 e. The number of carboxylic acid groups (broad SMARTS) is 1.